The number of aryl methyl sites for hydroxylation is 1. The van der Waals surface area contributed by atoms with Crippen molar-refractivity contribution in [2.75, 3.05) is 54.6 Å². The minimum Gasteiger partial charge on any atom is -0.378 e. The maximum absolute atomic E-state index is 5.75. The number of fused-ring (bicyclic) bond motifs is 2. The molecule has 0 aliphatic carbocycles. The molecule has 1 aromatic carbocycles. The van der Waals surface area contributed by atoms with Gasteiger partial charge in [-0.2, -0.15) is 0 Å². The van der Waals surface area contributed by atoms with Crippen LogP contribution in [0.4, 0.5) is 23.1 Å². The molecule has 170 valence electrons. The predicted octanol–water partition coefficient (Wildman–Crippen LogP) is 3.40. The molecule has 0 spiro atoms. The van der Waals surface area contributed by atoms with Gasteiger partial charge in [0.05, 0.1) is 37.7 Å². The second-order valence-corrected chi connectivity index (χ2v) is 8.89. The summed E-state index contributed by atoms with van der Waals surface area (Å²) >= 11 is 0. The molecule has 3 fully saturated rings. The lowest BCUT2D eigenvalue weighted by atomic mass is 10.1. The Hall–Kier alpha value is -3.23. The van der Waals surface area contributed by atoms with Crippen molar-refractivity contribution >= 4 is 23.1 Å². The van der Waals surface area contributed by atoms with Crippen molar-refractivity contribution in [2.24, 2.45) is 0 Å². The van der Waals surface area contributed by atoms with Crippen LogP contribution in [0.3, 0.4) is 0 Å². The number of aromatic nitrogens is 3. The standard InChI is InChI=1S/C25H28N6O2/c1-17-12-19(3-4-23(17)31-15-21-13-20(31)16-33-21)28-25-26-7-6-22(29-25)18-2-5-24(27-14-18)30-8-10-32-11-9-30/h2-7,12,14,20-21H,8-11,13,15-16H2,1H3,(H,26,28,29)/t20-,21-/m0/s1. The van der Waals surface area contributed by atoms with Crippen molar-refractivity contribution in [2.45, 2.75) is 25.5 Å². The van der Waals surface area contributed by atoms with E-state index in [1.165, 1.54) is 11.3 Å². The van der Waals surface area contributed by atoms with Crippen LogP contribution in [-0.4, -0.2) is 66.6 Å². The summed E-state index contributed by atoms with van der Waals surface area (Å²) in [5.41, 5.74) is 5.32. The van der Waals surface area contributed by atoms with Gasteiger partial charge >= 0.3 is 0 Å². The molecule has 3 aromatic rings. The zero-order chi connectivity index (χ0) is 22.2. The van der Waals surface area contributed by atoms with Gasteiger partial charge in [0.15, 0.2) is 0 Å². The van der Waals surface area contributed by atoms with Crippen LogP contribution < -0.4 is 15.1 Å². The second kappa shape index (κ2) is 8.61. The van der Waals surface area contributed by atoms with Crippen molar-refractivity contribution in [1.29, 1.82) is 0 Å². The molecule has 3 aliphatic rings. The van der Waals surface area contributed by atoms with Gasteiger partial charge in [0.2, 0.25) is 5.95 Å². The maximum Gasteiger partial charge on any atom is 0.227 e. The third-order valence-electron chi connectivity index (χ3n) is 6.70. The van der Waals surface area contributed by atoms with Crippen LogP contribution in [0.1, 0.15) is 12.0 Å². The van der Waals surface area contributed by atoms with Gasteiger partial charge in [-0.3, -0.25) is 0 Å². The Morgan fingerprint density at radius 3 is 2.70 bits per heavy atom. The minimum absolute atomic E-state index is 0.390. The van der Waals surface area contributed by atoms with Crippen LogP contribution in [0, 0.1) is 6.92 Å². The van der Waals surface area contributed by atoms with Crippen LogP contribution in [-0.2, 0) is 9.47 Å². The van der Waals surface area contributed by atoms with Crippen LogP contribution in [0.25, 0.3) is 11.3 Å². The Balaban J connectivity index is 1.17. The molecule has 3 aliphatic heterocycles. The summed E-state index contributed by atoms with van der Waals surface area (Å²) in [6.07, 6.45) is 5.19. The maximum atomic E-state index is 5.75. The highest BCUT2D eigenvalue weighted by atomic mass is 16.5. The van der Waals surface area contributed by atoms with E-state index in [1.807, 2.05) is 18.3 Å². The summed E-state index contributed by atoms with van der Waals surface area (Å²) in [7, 11) is 0. The topological polar surface area (TPSA) is 75.6 Å². The Bertz CT molecular complexity index is 1130. The van der Waals surface area contributed by atoms with E-state index in [0.29, 0.717) is 18.1 Å². The van der Waals surface area contributed by atoms with Crippen LogP contribution in [0.5, 0.6) is 0 Å². The van der Waals surface area contributed by atoms with E-state index in [0.717, 1.165) is 68.6 Å². The Morgan fingerprint density at radius 1 is 1.06 bits per heavy atom. The van der Waals surface area contributed by atoms with Crippen LogP contribution >= 0.6 is 0 Å². The first kappa shape index (κ1) is 20.4. The molecule has 6 rings (SSSR count). The highest BCUT2D eigenvalue weighted by Gasteiger charge is 2.39. The summed E-state index contributed by atoms with van der Waals surface area (Å²) in [5, 5.41) is 3.36. The van der Waals surface area contributed by atoms with E-state index in [2.05, 4.69) is 56.3 Å². The largest absolute Gasteiger partial charge is 0.378 e. The average molecular weight is 445 g/mol. The predicted molar refractivity (Wildman–Crippen MR) is 128 cm³/mol. The molecule has 8 nitrogen and oxygen atoms in total. The van der Waals surface area contributed by atoms with E-state index in [1.54, 1.807) is 6.20 Å². The number of hydrogen-bond donors (Lipinski definition) is 1. The fourth-order valence-electron chi connectivity index (χ4n) is 4.98. The highest BCUT2D eigenvalue weighted by molar-refractivity contribution is 5.66. The molecule has 3 saturated heterocycles. The Kier molecular flexibility index (Phi) is 5.32. The number of ether oxygens (including phenoxy) is 2. The lowest BCUT2D eigenvalue weighted by Gasteiger charge is -2.30. The van der Waals surface area contributed by atoms with Crippen molar-refractivity contribution < 1.29 is 9.47 Å². The SMILES string of the molecule is Cc1cc(Nc2nccc(-c3ccc(N4CCOCC4)nc3)n2)ccc1N1C[C@@H]2C[C@H]1CO2. The molecule has 0 amide bonds. The van der Waals surface area contributed by atoms with E-state index in [9.17, 15) is 0 Å². The molecule has 0 saturated carbocycles. The Labute approximate surface area is 193 Å². The number of anilines is 4. The van der Waals surface area contributed by atoms with Crippen molar-refractivity contribution in [3.8, 4) is 11.3 Å². The number of nitrogens with one attached hydrogen (secondary N) is 1. The van der Waals surface area contributed by atoms with Gasteiger partial charge in [-0.15, -0.1) is 0 Å². The van der Waals surface area contributed by atoms with Gasteiger partial charge in [0, 0.05) is 49.0 Å². The smallest absolute Gasteiger partial charge is 0.227 e. The third-order valence-corrected chi connectivity index (χ3v) is 6.70. The van der Waals surface area contributed by atoms with E-state index < -0.39 is 0 Å². The van der Waals surface area contributed by atoms with Crippen LogP contribution in [0.2, 0.25) is 0 Å². The molecule has 1 N–H and O–H groups in total. The molecule has 8 heteroatoms. The van der Waals surface area contributed by atoms with Gasteiger partial charge in [-0.25, -0.2) is 15.0 Å². The van der Waals surface area contributed by atoms with Gasteiger partial charge < -0.3 is 24.6 Å². The molecular formula is C25H28N6O2. The van der Waals surface area contributed by atoms with Crippen molar-refractivity contribution in [3.63, 3.8) is 0 Å². The minimum atomic E-state index is 0.390. The summed E-state index contributed by atoms with van der Waals surface area (Å²) in [5.74, 6) is 1.55. The summed E-state index contributed by atoms with van der Waals surface area (Å²) in [6.45, 7) is 7.23. The lowest BCUT2D eigenvalue weighted by Crippen LogP contribution is -2.37. The average Bonchev–Trinajstić information content (AvgIpc) is 3.49. The molecule has 2 bridgehead atoms. The summed E-state index contributed by atoms with van der Waals surface area (Å²) in [6, 6.07) is 13.0. The number of benzene rings is 1. The molecule has 2 aromatic heterocycles. The first-order chi connectivity index (χ1) is 16.2. The Morgan fingerprint density at radius 2 is 1.97 bits per heavy atom. The van der Waals surface area contributed by atoms with Gasteiger partial charge in [0.25, 0.3) is 0 Å². The number of pyridine rings is 1. The normalized spacial score (nSPS) is 22.1. The fraction of sp³-hybridized carbons (Fsp3) is 0.400. The zero-order valence-electron chi connectivity index (χ0n) is 18.8. The van der Waals surface area contributed by atoms with Crippen LogP contribution in [0.15, 0.2) is 48.8 Å². The first-order valence-corrected chi connectivity index (χ1v) is 11.6. The number of nitrogens with zero attached hydrogens (tertiary/aromatic N) is 5. The van der Waals surface area contributed by atoms with E-state index in [4.69, 9.17) is 14.5 Å². The number of morpholine rings is 2. The monoisotopic (exact) mass is 444 g/mol. The van der Waals surface area contributed by atoms with Crippen molar-refractivity contribution in [3.05, 3.63) is 54.4 Å². The number of rotatable bonds is 5. The molecule has 5 heterocycles. The quantitative estimate of drug-likeness (QED) is 0.642. The summed E-state index contributed by atoms with van der Waals surface area (Å²) < 4.78 is 11.2. The molecular weight excluding hydrogens is 416 g/mol. The highest BCUT2D eigenvalue weighted by Crippen LogP contribution is 2.35. The fourth-order valence-corrected chi connectivity index (χ4v) is 4.98. The van der Waals surface area contributed by atoms with Gasteiger partial charge in [-0.1, -0.05) is 0 Å². The summed E-state index contributed by atoms with van der Waals surface area (Å²) in [4.78, 5) is 18.5. The molecule has 2 atom stereocenters. The first-order valence-electron chi connectivity index (χ1n) is 11.6. The lowest BCUT2D eigenvalue weighted by molar-refractivity contribution is 0.0991. The van der Waals surface area contributed by atoms with Crippen molar-refractivity contribution in [1.82, 2.24) is 15.0 Å². The van der Waals surface area contributed by atoms with E-state index >= 15 is 0 Å². The van der Waals surface area contributed by atoms with E-state index in [-0.39, 0.29) is 0 Å². The van der Waals surface area contributed by atoms with Gasteiger partial charge in [-0.05, 0) is 55.3 Å². The number of hydrogen-bond acceptors (Lipinski definition) is 8. The zero-order valence-corrected chi connectivity index (χ0v) is 18.8. The third kappa shape index (κ3) is 4.12. The van der Waals surface area contributed by atoms with Gasteiger partial charge in [0.1, 0.15) is 5.82 Å². The molecule has 0 radical (unpaired) electrons. The molecule has 0 unspecified atom stereocenters. The second-order valence-electron chi connectivity index (χ2n) is 8.89. The molecule has 33 heavy (non-hydrogen) atoms.